The van der Waals surface area contributed by atoms with E-state index in [1.165, 1.54) is 18.4 Å². The van der Waals surface area contributed by atoms with Crippen LogP contribution >= 0.6 is 0 Å². The highest BCUT2D eigenvalue weighted by Crippen LogP contribution is 2.39. The third kappa shape index (κ3) is 2.51. The van der Waals surface area contributed by atoms with Crippen molar-refractivity contribution in [3.63, 3.8) is 0 Å². The van der Waals surface area contributed by atoms with E-state index in [0.29, 0.717) is 12.0 Å². The fourth-order valence-electron chi connectivity index (χ4n) is 3.44. The van der Waals surface area contributed by atoms with Crippen LogP contribution < -0.4 is 5.32 Å². The molecule has 104 valence electrons. The first kappa shape index (κ1) is 13.4. The zero-order valence-corrected chi connectivity index (χ0v) is 12.3. The number of nitrogens with one attached hydrogen (secondary N) is 1. The summed E-state index contributed by atoms with van der Waals surface area (Å²) < 4.78 is 0. The molecule has 2 aromatic carbocycles. The van der Waals surface area contributed by atoms with Gasteiger partial charge in [0.05, 0.1) is 0 Å². The van der Waals surface area contributed by atoms with Gasteiger partial charge in [-0.25, -0.2) is 0 Å². The Kier molecular flexibility index (Phi) is 3.88. The van der Waals surface area contributed by atoms with Crippen LogP contribution in [-0.2, 0) is 6.42 Å². The molecule has 1 heteroatoms. The molecule has 2 aromatic rings. The van der Waals surface area contributed by atoms with Crippen molar-refractivity contribution in [1.82, 2.24) is 5.32 Å². The Balaban J connectivity index is 1.70. The summed E-state index contributed by atoms with van der Waals surface area (Å²) in [5.74, 6) is 1.28. The molecule has 0 saturated carbocycles. The van der Waals surface area contributed by atoms with Gasteiger partial charge in [0.1, 0.15) is 0 Å². The lowest BCUT2D eigenvalue weighted by Gasteiger charge is -2.35. The molecular weight excluding hydrogens is 242 g/mol. The maximum Gasteiger partial charge on any atom is 0.0136 e. The molecule has 3 rings (SSSR count). The summed E-state index contributed by atoms with van der Waals surface area (Å²) in [7, 11) is 2.09. The first-order valence-corrected chi connectivity index (χ1v) is 7.59. The largest absolute Gasteiger partial charge is 0.316 e. The van der Waals surface area contributed by atoms with Crippen LogP contribution in [0, 0.1) is 0 Å². The summed E-state index contributed by atoms with van der Waals surface area (Å²) >= 11 is 0. The standard InChI is InChI=1S/C19H23N/c1-14(15-8-4-3-5-9-15)19(20-2)13-17-12-16-10-6-7-11-18(16)17/h3-11,14,17,19-20H,12-13H2,1-2H3. The van der Waals surface area contributed by atoms with Crippen LogP contribution in [0.1, 0.15) is 41.9 Å². The van der Waals surface area contributed by atoms with E-state index >= 15 is 0 Å². The van der Waals surface area contributed by atoms with E-state index in [-0.39, 0.29) is 0 Å². The molecule has 0 spiro atoms. The van der Waals surface area contributed by atoms with Crippen LogP contribution in [0.4, 0.5) is 0 Å². The van der Waals surface area contributed by atoms with Gasteiger partial charge >= 0.3 is 0 Å². The number of fused-ring (bicyclic) bond motifs is 1. The van der Waals surface area contributed by atoms with Crippen LogP contribution in [0.3, 0.4) is 0 Å². The Bertz CT molecular complexity index is 561. The van der Waals surface area contributed by atoms with Crippen molar-refractivity contribution < 1.29 is 0 Å². The summed E-state index contributed by atoms with van der Waals surface area (Å²) in [4.78, 5) is 0. The first-order valence-electron chi connectivity index (χ1n) is 7.59. The summed E-state index contributed by atoms with van der Waals surface area (Å²) in [6.45, 7) is 2.33. The van der Waals surface area contributed by atoms with E-state index in [2.05, 4.69) is 73.9 Å². The third-order valence-corrected chi connectivity index (χ3v) is 4.80. The summed E-state index contributed by atoms with van der Waals surface area (Å²) in [5.41, 5.74) is 4.53. The maximum atomic E-state index is 3.53. The molecule has 3 unspecified atom stereocenters. The Labute approximate surface area is 122 Å². The number of rotatable bonds is 5. The van der Waals surface area contributed by atoms with Crippen LogP contribution in [0.5, 0.6) is 0 Å². The molecule has 1 aliphatic carbocycles. The molecular formula is C19H23N. The fraction of sp³-hybridized carbons (Fsp3) is 0.368. The predicted molar refractivity (Wildman–Crippen MR) is 85.2 cm³/mol. The third-order valence-electron chi connectivity index (χ3n) is 4.80. The van der Waals surface area contributed by atoms with Crippen molar-refractivity contribution in [3.8, 4) is 0 Å². The normalized spacial score (nSPS) is 19.8. The SMILES string of the molecule is CNC(CC1Cc2ccccc21)C(C)c1ccccc1. The summed E-state index contributed by atoms with van der Waals surface area (Å²) in [6.07, 6.45) is 2.47. The van der Waals surface area contributed by atoms with Crippen LogP contribution in [-0.4, -0.2) is 13.1 Å². The van der Waals surface area contributed by atoms with Crippen molar-refractivity contribution in [2.24, 2.45) is 0 Å². The molecule has 20 heavy (non-hydrogen) atoms. The van der Waals surface area contributed by atoms with Gasteiger partial charge < -0.3 is 5.32 Å². The van der Waals surface area contributed by atoms with Gasteiger partial charge in [0, 0.05) is 6.04 Å². The molecule has 3 atom stereocenters. The van der Waals surface area contributed by atoms with Crippen LogP contribution in [0.2, 0.25) is 0 Å². The molecule has 0 fully saturated rings. The van der Waals surface area contributed by atoms with Gasteiger partial charge in [0.15, 0.2) is 0 Å². The topological polar surface area (TPSA) is 12.0 Å². The van der Waals surface area contributed by atoms with Gasteiger partial charge in [-0.05, 0) is 48.4 Å². The highest BCUT2D eigenvalue weighted by atomic mass is 14.9. The molecule has 1 nitrogen and oxygen atoms in total. The maximum absolute atomic E-state index is 3.53. The van der Waals surface area contributed by atoms with Crippen molar-refractivity contribution in [2.75, 3.05) is 7.05 Å². The number of benzene rings is 2. The van der Waals surface area contributed by atoms with Crippen molar-refractivity contribution in [1.29, 1.82) is 0 Å². The predicted octanol–water partition coefficient (Wildman–Crippen LogP) is 4.11. The minimum atomic E-state index is 0.538. The van der Waals surface area contributed by atoms with Gasteiger partial charge in [-0.2, -0.15) is 0 Å². The van der Waals surface area contributed by atoms with Crippen molar-refractivity contribution in [2.45, 2.75) is 37.6 Å². The second kappa shape index (κ2) is 5.80. The van der Waals surface area contributed by atoms with E-state index < -0.39 is 0 Å². The molecule has 0 aliphatic heterocycles. The zero-order chi connectivity index (χ0) is 13.9. The van der Waals surface area contributed by atoms with Gasteiger partial charge in [-0.3, -0.25) is 0 Å². The molecule has 1 N–H and O–H groups in total. The lowest BCUT2D eigenvalue weighted by atomic mass is 9.72. The Hall–Kier alpha value is -1.60. The number of hydrogen-bond donors (Lipinski definition) is 1. The highest BCUT2D eigenvalue weighted by Gasteiger charge is 2.29. The van der Waals surface area contributed by atoms with E-state index in [4.69, 9.17) is 0 Å². The van der Waals surface area contributed by atoms with Crippen LogP contribution in [0.15, 0.2) is 54.6 Å². The molecule has 0 amide bonds. The number of hydrogen-bond acceptors (Lipinski definition) is 1. The minimum absolute atomic E-state index is 0.538. The van der Waals surface area contributed by atoms with E-state index in [9.17, 15) is 0 Å². The molecule has 0 radical (unpaired) electrons. The fourth-order valence-corrected chi connectivity index (χ4v) is 3.44. The molecule has 1 aliphatic rings. The average Bonchev–Trinajstić information content (AvgIpc) is 2.49. The second-order valence-electron chi connectivity index (χ2n) is 5.93. The quantitative estimate of drug-likeness (QED) is 0.858. The van der Waals surface area contributed by atoms with Crippen molar-refractivity contribution in [3.05, 3.63) is 71.3 Å². The zero-order valence-electron chi connectivity index (χ0n) is 12.3. The van der Waals surface area contributed by atoms with Gasteiger partial charge in [0.2, 0.25) is 0 Å². The van der Waals surface area contributed by atoms with Crippen LogP contribution in [0.25, 0.3) is 0 Å². The second-order valence-corrected chi connectivity index (χ2v) is 5.93. The molecule has 0 saturated heterocycles. The lowest BCUT2D eigenvalue weighted by Crippen LogP contribution is -2.34. The van der Waals surface area contributed by atoms with Gasteiger partial charge in [-0.1, -0.05) is 61.5 Å². The van der Waals surface area contributed by atoms with Gasteiger partial charge in [0.25, 0.3) is 0 Å². The number of likely N-dealkylation sites (N-methyl/N-ethyl adjacent to an activating group) is 1. The molecule has 0 bridgehead atoms. The lowest BCUT2D eigenvalue weighted by molar-refractivity contribution is 0.398. The van der Waals surface area contributed by atoms with E-state index in [1.807, 2.05) is 0 Å². The van der Waals surface area contributed by atoms with E-state index in [0.717, 1.165) is 5.92 Å². The molecule has 0 heterocycles. The van der Waals surface area contributed by atoms with Crippen molar-refractivity contribution >= 4 is 0 Å². The summed E-state index contributed by atoms with van der Waals surface area (Å²) in [6, 6.07) is 20.3. The highest BCUT2D eigenvalue weighted by molar-refractivity contribution is 5.40. The van der Waals surface area contributed by atoms with E-state index in [1.54, 1.807) is 11.1 Å². The average molecular weight is 265 g/mol. The minimum Gasteiger partial charge on any atom is -0.316 e. The Morgan fingerprint density at radius 3 is 2.45 bits per heavy atom. The van der Waals surface area contributed by atoms with Gasteiger partial charge in [-0.15, -0.1) is 0 Å². The smallest absolute Gasteiger partial charge is 0.0136 e. The Morgan fingerprint density at radius 2 is 1.75 bits per heavy atom. The monoisotopic (exact) mass is 265 g/mol. The molecule has 0 aromatic heterocycles. The Morgan fingerprint density at radius 1 is 1.05 bits per heavy atom. The summed E-state index contributed by atoms with van der Waals surface area (Å²) in [5, 5.41) is 3.53. The first-order chi connectivity index (χ1) is 9.79.